The lowest BCUT2D eigenvalue weighted by Crippen LogP contribution is -2.32. The molecule has 1 amide bonds. The van der Waals surface area contributed by atoms with Crippen LogP contribution in [0.15, 0.2) is 18.5 Å². The maximum atomic E-state index is 12.4. The van der Waals surface area contributed by atoms with Gasteiger partial charge in [-0.15, -0.1) is 0 Å². The topological polar surface area (TPSA) is 62.5 Å². The number of rotatable bonds is 3. The zero-order valence-electron chi connectivity index (χ0n) is 12.7. The van der Waals surface area contributed by atoms with Crippen molar-refractivity contribution in [3.63, 3.8) is 0 Å². The molecule has 0 aliphatic carbocycles. The summed E-state index contributed by atoms with van der Waals surface area (Å²) in [4.78, 5) is 20.6. The van der Waals surface area contributed by atoms with Crippen LogP contribution in [0.1, 0.15) is 22.3 Å². The second-order valence-electron chi connectivity index (χ2n) is 5.57. The summed E-state index contributed by atoms with van der Waals surface area (Å²) in [6.07, 6.45) is 4.38. The van der Waals surface area contributed by atoms with Crippen molar-refractivity contribution in [3.8, 4) is 11.8 Å². The van der Waals surface area contributed by atoms with Crippen LogP contribution in [0, 0.1) is 17.8 Å². The maximum Gasteiger partial charge on any atom is 0.255 e. The molecule has 1 aliphatic heterocycles. The Morgan fingerprint density at radius 3 is 3.05 bits per heavy atom. The van der Waals surface area contributed by atoms with Crippen LogP contribution in [-0.2, 0) is 0 Å². The Morgan fingerprint density at radius 2 is 2.38 bits per heavy atom. The highest BCUT2D eigenvalue weighted by Crippen LogP contribution is 2.16. The third kappa shape index (κ3) is 4.28. The molecule has 0 spiro atoms. The van der Waals surface area contributed by atoms with Gasteiger partial charge < -0.3 is 15.5 Å². The summed E-state index contributed by atoms with van der Waals surface area (Å²) in [7, 11) is 3.96. The van der Waals surface area contributed by atoms with Gasteiger partial charge in [-0.25, -0.2) is 0 Å². The van der Waals surface area contributed by atoms with Crippen molar-refractivity contribution in [3.05, 3.63) is 29.6 Å². The van der Waals surface area contributed by atoms with Crippen molar-refractivity contribution < 1.29 is 4.79 Å². The third-order valence-corrected chi connectivity index (χ3v) is 3.69. The Labute approximate surface area is 126 Å². The van der Waals surface area contributed by atoms with Crippen LogP contribution in [0.3, 0.4) is 0 Å². The fourth-order valence-corrected chi connectivity index (χ4v) is 2.64. The first kappa shape index (κ1) is 15.5. The molecule has 112 valence electrons. The Balaban J connectivity index is 2.01. The number of likely N-dealkylation sites (tertiary alicyclic amines) is 1. The van der Waals surface area contributed by atoms with E-state index in [4.69, 9.17) is 5.73 Å². The van der Waals surface area contributed by atoms with E-state index in [1.807, 2.05) is 7.05 Å². The van der Waals surface area contributed by atoms with Gasteiger partial charge in [0.05, 0.1) is 12.1 Å². The van der Waals surface area contributed by atoms with Crippen LogP contribution < -0.4 is 5.73 Å². The second kappa shape index (κ2) is 7.21. The van der Waals surface area contributed by atoms with E-state index in [1.165, 1.54) is 0 Å². The van der Waals surface area contributed by atoms with Gasteiger partial charge in [0, 0.05) is 38.1 Å². The molecule has 0 bridgehead atoms. The molecule has 2 rings (SSSR count). The summed E-state index contributed by atoms with van der Waals surface area (Å²) in [5, 5.41) is 0. The van der Waals surface area contributed by atoms with E-state index in [2.05, 4.69) is 28.8 Å². The van der Waals surface area contributed by atoms with Crippen LogP contribution in [0.4, 0.5) is 0 Å². The predicted molar refractivity (Wildman–Crippen MR) is 82.7 cm³/mol. The first-order valence-electron chi connectivity index (χ1n) is 7.18. The number of carbonyl (C=O) groups is 1. The fourth-order valence-electron chi connectivity index (χ4n) is 2.64. The lowest BCUT2D eigenvalue weighted by Gasteiger charge is -2.21. The van der Waals surface area contributed by atoms with Crippen molar-refractivity contribution in [2.45, 2.75) is 6.42 Å². The Morgan fingerprint density at radius 1 is 1.57 bits per heavy atom. The van der Waals surface area contributed by atoms with E-state index in [9.17, 15) is 4.79 Å². The largest absolute Gasteiger partial charge is 0.341 e. The third-order valence-electron chi connectivity index (χ3n) is 3.69. The molecule has 0 aromatic carbocycles. The molecule has 1 unspecified atom stereocenters. The molecule has 1 fully saturated rings. The smallest absolute Gasteiger partial charge is 0.255 e. The maximum absolute atomic E-state index is 12.4. The summed E-state index contributed by atoms with van der Waals surface area (Å²) < 4.78 is 0. The highest BCUT2D eigenvalue weighted by Gasteiger charge is 2.23. The van der Waals surface area contributed by atoms with E-state index in [0.29, 0.717) is 18.0 Å². The van der Waals surface area contributed by atoms with Gasteiger partial charge in [0.15, 0.2) is 0 Å². The van der Waals surface area contributed by atoms with Gasteiger partial charge >= 0.3 is 0 Å². The summed E-state index contributed by atoms with van der Waals surface area (Å²) in [6.45, 7) is 3.24. The Bertz CT molecular complexity index is 561. The number of carbonyl (C=O) groups excluding carboxylic acids is 1. The van der Waals surface area contributed by atoms with Crippen LogP contribution in [0.25, 0.3) is 0 Å². The minimum Gasteiger partial charge on any atom is -0.341 e. The number of hydrogen-bond donors (Lipinski definition) is 1. The summed E-state index contributed by atoms with van der Waals surface area (Å²) in [5.41, 5.74) is 6.65. The van der Waals surface area contributed by atoms with Gasteiger partial charge in [-0.1, -0.05) is 11.8 Å². The molecular formula is C16H22N4O. The standard InChI is InChI=1S/C16H22N4O/c1-19-7-5-14(11-19)12-20(2)16(21)15-8-13(4-3-6-17)9-18-10-15/h8-10,14H,5-7,11-12,17H2,1-2H3. The minimum absolute atomic E-state index is 0.00606. The van der Waals surface area contributed by atoms with Crippen LogP contribution in [-0.4, -0.2) is 61.0 Å². The molecule has 21 heavy (non-hydrogen) atoms. The normalized spacial score (nSPS) is 18.1. The average Bonchev–Trinajstić information content (AvgIpc) is 2.89. The monoisotopic (exact) mass is 286 g/mol. The Hall–Kier alpha value is -1.90. The van der Waals surface area contributed by atoms with Gasteiger partial charge in [0.2, 0.25) is 0 Å². The molecule has 1 aromatic heterocycles. The highest BCUT2D eigenvalue weighted by atomic mass is 16.2. The first-order chi connectivity index (χ1) is 10.1. The molecule has 5 heteroatoms. The van der Waals surface area contributed by atoms with Gasteiger partial charge in [-0.3, -0.25) is 9.78 Å². The van der Waals surface area contributed by atoms with Crippen LogP contribution >= 0.6 is 0 Å². The summed E-state index contributed by atoms with van der Waals surface area (Å²) in [6, 6.07) is 1.77. The molecule has 2 N–H and O–H groups in total. The molecule has 1 aliphatic rings. The van der Waals surface area contributed by atoms with Crippen molar-refractivity contribution in [2.75, 3.05) is 40.3 Å². The van der Waals surface area contributed by atoms with E-state index in [1.54, 1.807) is 23.4 Å². The predicted octanol–water partition coefficient (Wildman–Crippen LogP) is 0.416. The number of aromatic nitrogens is 1. The molecule has 1 saturated heterocycles. The SMILES string of the molecule is CN1CCC(CN(C)C(=O)c2cncc(C#CCN)c2)C1. The number of nitrogens with two attached hydrogens (primary N) is 1. The highest BCUT2D eigenvalue weighted by molar-refractivity contribution is 5.94. The second-order valence-corrected chi connectivity index (χ2v) is 5.57. The molecular weight excluding hydrogens is 264 g/mol. The molecule has 5 nitrogen and oxygen atoms in total. The van der Waals surface area contributed by atoms with Crippen molar-refractivity contribution in [1.29, 1.82) is 0 Å². The van der Waals surface area contributed by atoms with Gasteiger partial charge in [0.25, 0.3) is 5.91 Å². The van der Waals surface area contributed by atoms with E-state index < -0.39 is 0 Å². The Kier molecular flexibility index (Phi) is 5.32. The molecule has 2 heterocycles. The van der Waals surface area contributed by atoms with Crippen LogP contribution in [0.5, 0.6) is 0 Å². The number of amides is 1. The summed E-state index contributed by atoms with van der Waals surface area (Å²) in [5.74, 6) is 6.22. The zero-order chi connectivity index (χ0) is 15.2. The lowest BCUT2D eigenvalue weighted by atomic mass is 10.1. The number of nitrogens with zero attached hydrogens (tertiary/aromatic N) is 3. The minimum atomic E-state index is -0.00606. The van der Waals surface area contributed by atoms with E-state index >= 15 is 0 Å². The number of pyridine rings is 1. The van der Waals surface area contributed by atoms with Gasteiger partial charge in [-0.05, 0) is 32.0 Å². The van der Waals surface area contributed by atoms with Gasteiger partial charge in [-0.2, -0.15) is 0 Å². The fraction of sp³-hybridized carbons (Fsp3) is 0.500. The molecule has 1 aromatic rings. The van der Waals surface area contributed by atoms with Gasteiger partial charge in [0.1, 0.15) is 0 Å². The lowest BCUT2D eigenvalue weighted by molar-refractivity contribution is 0.0773. The van der Waals surface area contributed by atoms with E-state index in [0.717, 1.165) is 31.6 Å². The van der Waals surface area contributed by atoms with E-state index in [-0.39, 0.29) is 5.91 Å². The zero-order valence-corrected chi connectivity index (χ0v) is 12.7. The number of hydrogen-bond acceptors (Lipinski definition) is 4. The van der Waals surface area contributed by atoms with Crippen molar-refractivity contribution >= 4 is 5.91 Å². The van der Waals surface area contributed by atoms with Crippen molar-refractivity contribution in [1.82, 2.24) is 14.8 Å². The molecule has 0 radical (unpaired) electrons. The van der Waals surface area contributed by atoms with Crippen LogP contribution in [0.2, 0.25) is 0 Å². The molecule has 1 atom stereocenters. The quantitative estimate of drug-likeness (QED) is 0.818. The average molecular weight is 286 g/mol. The summed E-state index contributed by atoms with van der Waals surface area (Å²) >= 11 is 0. The first-order valence-corrected chi connectivity index (χ1v) is 7.18. The molecule has 0 saturated carbocycles. The van der Waals surface area contributed by atoms with Crippen molar-refractivity contribution in [2.24, 2.45) is 11.7 Å².